The van der Waals surface area contributed by atoms with Crippen LogP contribution in [-0.2, 0) is 19.2 Å². The molecular formula is C36H32N2O6. The third-order valence-corrected chi connectivity index (χ3v) is 10.8. The number of benzene rings is 3. The lowest BCUT2D eigenvalue weighted by Crippen LogP contribution is -2.32. The molecule has 5 fully saturated rings. The van der Waals surface area contributed by atoms with E-state index in [1.54, 1.807) is 42.5 Å². The number of hydrogen-bond acceptors (Lipinski definition) is 6. The van der Waals surface area contributed by atoms with E-state index in [2.05, 4.69) is 12.1 Å². The molecule has 222 valence electrons. The minimum absolute atomic E-state index is 0.154. The molecule has 0 N–H and O–H groups in total. The molecule has 3 aromatic rings. The van der Waals surface area contributed by atoms with Crippen molar-refractivity contribution in [2.45, 2.75) is 44.4 Å². The highest BCUT2D eigenvalue weighted by Gasteiger charge is 2.61. The Kier molecular flexibility index (Phi) is 6.29. The summed E-state index contributed by atoms with van der Waals surface area (Å²) in [5, 5.41) is 0. The lowest BCUT2D eigenvalue weighted by molar-refractivity contribution is -0.124. The van der Waals surface area contributed by atoms with Crippen LogP contribution in [0.4, 0.5) is 11.4 Å². The molecule has 8 heteroatoms. The first-order valence-electron chi connectivity index (χ1n) is 15.6. The second-order valence-electron chi connectivity index (χ2n) is 13.0. The predicted molar refractivity (Wildman–Crippen MR) is 161 cm³/mol. The number of imide groups is 2. The fourth-order valence-electron chi connectivity index (χ4n) is 8.75. The maximum absolute atomic E-state index is 13.6. The number of ether oxygens (including phenoxy) is 1. The standard InChI is InChI=1S/C36H32N2O6/c39-32-28-15-14-21(20-6-2-1-3-7-20)18-29(28)33(40)37(32)25-9-4-8-24(17-25)36(43)44-27-11-5-10-26(19-27)38-34(41)30-22-12-13-23(16-22)31(30)35(38)42/h1-11,17,19,21-23,28-31H,12-16,18H2/t21-,22+,23+,28-,29-,30-,31+/m1/s1. The minimum atomic E-state index is -0.668. The summed E-state index contributed by atoms with van der Waals surface area (Å²) in [6.45, 7) is 0. The Hall–Kier alpha value is -4.59. The number of fused-ring (bicyclic) bond motifs is 6. The van der Waals surface area contributed by atoms with Gasteiger partial charge in [-0.05, 0) is 92.2 Å². The molecule has 3 saturated carbocycles. The number of carbonyl (C=O) groups is 5. The third kappa shape index (κ3) is 4.14. The molecule has 7 atom stereocenters. The van der Waals surface area contributed by atoms with E-state index in [1.165, 1.54) is 21.4 Å². The van der Waals surface area contributed by atoms with E-state index >= 15 is 0 Å². The van der Waals surface area contributed by atoms with Gasteiger partial charge in [-0.3, -0.25) is 24.1 Å². The fourth-order valence-corrected chi connectivity index (χ4v) is 8.75. The van der Waals surface area contributed by atoms with Gasteiger partial charge in [-0.1, -0.05) is 42.5 Å². The molecule has 0 aromatic heterocycles. The van der Waals surface area contributed by atoms with Crippen LogP contribution in [0, 0.1) is 35.5 Å². The van der Waals surface area contributed by atoms with Crippen molar-refractivity contribution in [1.82, 2.24) is 0 Å². The van der Waals surface area contributed by atoms with Crippen LogP contribution in [0.3, 0.4) is 0 Å². The Bertz CT molecular complexity index is 1690. The average Bonchev–Trinajstić information content (AvgIpc) is 3.79. The van der Waals surface area contributed by atoms with Gasteiger partial charge in [0.05, 0.1) is 40.6 Å². The van der Waals surface area contributed by atoms with Gasteiger partial charge < -0.3 is 4.74 Å². The summed E-state index contributed by atoms with van der Waals surface area (Å²) >= 11 is 0. The zero-order chi connectivity index (χ0) is 30.1. The monoisotopic (exact) mass is 588 g/mol. The number of hydrogen-bond donors (Lipinski definition) is 0. The lowest BCUT2D eigenvalue weighted by Gasteiger charge is -2.28. The van der Waals surface area contributed by atoms with Gasteiger partial charge in [0.2, 0.25) is 23.6 Å². The van der Waals surface area contributed by atoms with Gasteiger partial charge in [-0.25, -0.2) is 9.69 Å². The van der Waals surface area contributed by atoms with Gasteiger partial charge >= 0.3 is 5.97 Å². The zero-order valence-electron chi connectivity index (χ0n) is 24.1. The summed E-state index contributed by atoms with van der Waals surface area (Å²) in [5.41, 5.74) is 2.12. The van der Waals surface area contributed by atoms with Crippen molar-refractivity contribution in [3.05, 3.63) is 90.0 Å². The smallest absolute Gasteiger partial charge is 0.343 e. The van der Waals surface area contributed by atoms with E-state index in [0.717, 1.165) is 25.7 Å². The number of esters is 1. The van der Waals surface area contributed by atoms with Crippen LogP contribution in [0.25, 0.3) is 0 Å². The van der Waals surface area contributed by atoms with E-state index in [1.807, 2.05) is 18.2 Å². The Morgan fingerprint density at radius 2 is 1.25 bits per heavy atom. The normalized spacial score (nSPS) is 30.6. The zero-order valence-corrected chi connectivity index (χ0v) is 24.1. The van der Waals surface area contributed by atoms with Gasteiger partial charge in [0.15, 0.2) is 0 Å². The quantitative estimate of drug-likeness (QED) is 0.221. The van der Waals surface area contributed by atoms with Crippen molar-refractivity contribution >= 4 is 41.0 Å². The van der Waals surface area contributed by atoms with Crippen LogP contribution in [0.5, 0.6) is 5.75 Å². The maximum atomic E-state index is 13.6. The van der Waals surface area contributed by atoms with Crippen LogP contribution in [0.1, 0.15) is 60.4 Å². The molecule has 0 spiro atoms. The molecule has 8 nitrogen and oxygen atoms in total. The molecular weight excluding hydrogens is 556 g/mol. The summed E-state index contributed by atoms with van der Waals surface area (Å²) in [4.78, 5) is 69.3. The van der Waals surface area contributed by atoms with Crippen LogP contribution in [0.15, 0.2) is 78.9 Å². The van der Waals surface area contributed by atoms with E-state index in [-0.39, 0.29) is 76.4 Å². The molecule has 5 aliphatic rings. The first kappa shape index (κ1) is 27.0. The first-order chi connectivity index (χ1) is 21.4. The van der Waals surface area contributed by atoms with Crippen molar-refractivity contribution < 1.29 is 28.7 Å². The van der Waals surface area contributed by atoms with Crippen molar-refractivity contribution in [3.8, 4) is 5.75 Å². The van der Waals surface area contributed by atoms with Crippen molar-refractivity contribution in [2.24, 2.45) is 35.5 Å². The molecule has 2 bridgehead atoms. The van der Waals surface area contributed by atoms with Gasteiger partial charge in [0, 0.05) is 6.07 Å². The Balaban J connectivity index is 0.989. The molecule has 0 unspecified atom stereocenters. The predicted octanol–water partition coefficient (Wildman–Crippen LogP) is 5.51. The average molecular weight is 589 g/mol. The van der Waals surface area contributed by atoms with Crippen molar-refractivity contribution in [1.29, 1.82) is 0 Å². The van der Waals surface area contributed by atoms with Crippen LogP contribution in [-0.4, -0.2) is 29.6 Å². The summed E-state index contributed by atoms with van der Waals surface area (Å²) in [6, 6.07) is 23.0. The number of carbonyl (C=O) groups excluding carboxylic acids is 5. The van der Waals surface area contributed by atoms with Crippen molar-refractivity contribution in [3.63, 3.8) is 0 Å². The summed E-state index contributed by atoms with van der Waals surface area (Å²) in [7, 11) is 0. The van der Waals surface area contributed by atoms with E-state index < -0.39 is 5.97 Å². The SMILES string of the molecule is O=C(Oc1cccc(N2C(=O)[C@@H]3[C@H]4CC[C@@H](C4)[C@@H]3C2=O)c1)c1cccc(N2C(=O)[C@@H]3CC[C@@H](c4ccccc4)C[C@H]3C2=O)c1. The van der Waals surface area contributed by atoms with E-state index in [9.17, 15) is 24.0 Å². The van der Waals surface area contributed by atoms with Crippen LogP contribution >= 0.6 is 0 Å². The molecule has 2 saturated heterocycles. The number of nitrogens with zero attached hydrogens (tertiary/aromatic N) is 2. The summed E-state index contributed by atoms with van der Waals surface area (Å²) in [6.07, 6.45) is 5.08. The maximum Gasteiger partial charge on any atom is 0.343 e. The number of amides is 4. The van der Waals surface area contributed by atoms with Gasteiger partial charge in [0.25, 0.3) is 0 Å². The Morgan fingerprint density at radius 3 is 1.98 bits per heavy atom. The third-order valence-electron chi connectivity index (χ3n) is 10.8. The summed E-state index contributed by atoms with van der Waals surface area (Å²) in [5.74, 6) is -1.64. The molecule has 2 heterocycles. The summed E-state index contributed by atoms with van der Waals surface area (Å²) < 4.78 is 5.67. The second kappa shape index (κ2) is 10.3. The molecule has 4 amide bonds. The Morgan fingerprint density at radius 1 is 0.614 bits per heavy atom. The highest BCUT2D eigenvalue weighted by molar-refractivity contribution is 6.23. The first-order valence-corrected chi connectivity index (χ1v) is 15.6. The molecule has 3 aromatic carbocycles. The highest BCUT2D eigenvalue weighted by Crippen LogP contribution is 2.56. The van der Waals surface area contributed by atoms with Gasteiger partial charge in [0.1, 0.15) is 5.75 Å². The topological polar surface area (TPSA) is 101 Å². The van der Waals surface area contributed by atoms with Gasteiger partial charge in [-0.2, -0.15) is 0 Å². The van der Waals surface area contributed by atoms with E-state index in [0.29, 0.717) is 24.2 Å². The molecule has 44 heavy (non-hydrogen) atoms. The molecule has 0 radical (unpaired) electrons. The molecule has 8 rings (SSSR count). The number of rotatable bonds is 5. The van der Waals surface area contributed by atoms with Gasteiger partial charge in [-0.15, -0.1) is 0 Å². The largest absolute Gasteiger partial charge is 0.423 e. The highest BCUT2D eigenvalue weighted by atomic mass is 16.5. The number of anilines is 2. The van der Waals surface area contributed by atoms with Crippen molar-refractivity contribution in [2.75, 3.05) is 9.80 Å². The minimum Gasteiger partial charge on any atom is -0.423 e. The second-order valence-corrected chi connectivity index (χ2v) is 13.0. The fraction of sp³-hybridized carbons (Fsp3) is 0.361. The molecule has 3 aliphatic carbocycles. The Labute approximate surface area is 255 Å². The lowest BCUT2D eigenvalue weighted by atomic mass is 9.73. The van der Waals surface area contributed by atoms with Crippen LogP contribution < -0.4 is 14.5 Å². The van der Waals surface area contributed by atoms with Crippen LogP contribution in [0.2, 0.25) is 0 Å². The van der Waals surface area contributed by atoms with E-state index in [4.69, 9.17) is 4.74 Å². The molecule has 2 aliphatic heterocycles.